The molecule has 0 heterocycles. The Labute approximate surface area is 121 Å². The minimum atomic E-state index is -0.768. The van der Waals surface area contributed by atoms with Gasteiger partial charge in [0.25, 0.3) is 0 Å². The van der Waals surface area contributed by atoms with Gasteiger partial charge in [-0.25, -0.2) is 0 Å². The minimum Gasteiger partial charge on any atom is -0.489 e. The van der Waals surface area contributed by atoms with Crippen molar-refractivity contribution in [3.05, 3.63) is 58.1 Å². The summed E-state index contributed by atoms with van der Waals surface area (Å²) in [5, 5.41) is 10.9. The lowest BCUT2D eigenvalue weighted by atomic mass is 10.1. The zero-order valence-electron chi connectivity index (χ0n) is 10.0. The molecule has 19 heavy (non-hydrogen) atoms. The van der Waals surface area contributed by atoms with Crippen molar-refractivity contribution in [1.29, 1.82) is 0 Å². The summed E-state index contributed by atoms with van der Waals surface area (Å²) in [4.78, 5) is 0. The normalized spacial score (nSPS) is 12.2. The second-order valence-electron chi connectivity index (χ2n) is 4.07. The Balaban J connectivity index is 2.02. The summed E-state index contributed by atoms with van der Waals surface area (Å²) in [5.41, 5.74) is 6.95. The molecule has 2 rings (SSSR count). The van der Waals surface area contributed by atoms with E-state index in [4.69, 9.17) is 33.7 Å². The smallest absolute Gasteiger partial charge is 0.138 e. The number of anilines is 1. The van der Waals surface area contributed by atoms with Gasteiger partial charge >= 0.3 is 0 Å². The van der Waals surface area contributed by atoms with Crippen LogP contribution in [0.2, 0.25) is 10.0 Å². The second kappa shape index (κ2) is 6.15. The predicted molar refractivity (Wildman–Crippen MR) is 77.8 cm³/mol. The van der Waals surface area contributed by atoms with Gasteiger partial charge in [-0.1, -0.05) is 35.3 Å². The van der Waals surface area contributed by atoms with E-state index in [-0.39, 0.29) is 6.61 Å². The number of nitrogen functional groups attached to an aromatic ring is 1. The Morgan fingerprint density at radius 3 is 2.63 bits per heavy atom. The van der Waals surface area contributed by atoms with E-state index in [9.17, 15) is 5.11 Å². The average Bonchev–Trinajstić information content (AvgIpc) is 2.37. The van der Waals surface area contributed by atoms with Crippen LogP contribution in [0.4, 0.5) is 5.69 Å². The highest BCUT2D eigenvalue weighted by molar-refractivity contribution is 6.35. The van der Waals surface area contributed by atoms with Gasteiger partial charge in [0.15, 0.2) is 0 Å². The number of benzene rings is 2. The summed E-state index contributed by atoms with van der Waals surface area (Å²) in [6, 6.07) is 12.0. The highest BCUT2D eigenvalue weighted by Gasteiger charge is 2.10. The van der Waals surface area contributed by atoms with Gasteiger partial charge in [0, 0.05) is 10.7 Å². The first-order valence-electron chi connectivity index (χ1n) is 5.67. The Kier molecular flexibility index (Phi) is 4.53. The largest absolute Gasteiger partial charge is 0.489 e. The molecule has 2 aromatic rings. The van der Waals surface area contributed by atoms with Gasteiger partial charge in [-0.05, 0) is 35.9 Å². The fraction of sp³-hybridized carbons (Fsp3) is 0.143. The van der Waals surface area contributed by atoms with E-state index in [0.29, 0.717) is 27.0 Å². The summed E-state index contributed by atoms with van der Waals surface area (Å²) in [6.07, 6.45) is -0.768. The molecule has 3 N–H and O–H groups in total. The van der Waals surface area contributed by atoms with E-state index in [1.165, 1.54) is 0 Å². The quantitative estimate of drug-likeness (QED) is 0.846. The van der Waals surface area contributed by atoms with Gasteiger partial charge in [0.05, 0.1) is 5.02 Å². The number of rotatable bonds is 4. The maximum atomic E-state index is 10.0. The standard InChI is InChI=1S/C14H13Cl2NO2/c15-10-4-5-14(12(16)7-10)19-8-13(18)9-2-1-3-11(17)6-9/h1-7,13,18H,8,17H2. The lowest BCUT2D eigenvalue weighted by molar-refractivity contribution is 0.108. The van der Waals surface area contributed by atoms with Crippen molar-refractivity contribution in [2.75, 3.05) is 12.3 Å². The molecule has 0 bridgehead atoms. The maximum absolute atomic E-state index is 10.0. The molecule has 1 atom stereocenters. The molecule has 100 valence electrons. The molecule has 0 aliphatic heterocycles. The highest BCUT2D eigenvalue weighted by atomic mass is 35.5. The first-order valence-corrected chi connectivity index (χ1v) is 6.43. The minimum absolute atomic E-state index is 0.0881. The van der Waals surface area contributed by atoms with Gasteiger partial charge in [-0.3, -0.25) is 0 Å². The van der Waals surface area contributed by atoms with Crippen LogP contribution in [0.15, 0.2) is 42.5 Å². The van der Waals surface area contributed by atoms with Crippen LogP contribution in [-0.2, 0) is 0 Å². The van der Waals surface area contributed by atoms with Crippen molar-refractivity contribution in [2.45, 2.75) is 6.10 Å². The van der Waals surface area contributed by atoms with Crippen LogP contribution in [-0.4, -0.2) is 11.7 Å². The first kappa shape index (κ1) is 14.0. The number of halogens is 2. The summed E-state index contributed by atoms with van der Waals surface area (Å²) in [5.74, 6) is 0.481. The number of aliphatic hydroxyl groups is 1. The van der Waals surface area contributed by atoms with Crippen LogP contribution in [0.25, 0.3) is 0 Å². The van der Waals surface area contributed by atoms with E-state index < -0.39 is 6.10 Å². The molecule has 5 heteroatoms. The average molecular weight is 298 g/mol. The SMILES string of the molecule is Nc1cccc(C(O)COc2ccc(Cl)cc2Cl)c1. The molecule has 0 aliphatic carbocycles. The van der Waals surface area contributed by atoms with Crippen LogP contribution < -0.4 is 10.5 Å². The molecule has 0 aliphatic rings. The van der Waals surface area contributed by atoms with Crippen LogP contribution in [0.1, 0.15) is 11.7 Å². The van der Waals surface area contributed by atoms with Crippen molar-refractivity contribution in [3.63, 3.8) is 0 Å². The second-order valence-corrected chi connectivity index (χ2v) is 4.92. The van der Waals surface area contributed by atoms with Crippen molar-refractivity contribution >= 4 is 28.9 Å². The van der Waals surface area contributed by atoms with Crippen LogP contribution in [0, 0.1) is 0 Å². The molecule has 0 spiro atoms. The molecule has 0 aromatic heterocycles. The lowest BCUT2D eigenvalue weighted by Gasteiger charge is -2.14. The van der Waals surface area contributed by atoms with E-state index in [1.807, 2.05) is 0 Å². The molecule has 0 saturated heterocycles. The Hall–Kier alpha value is -1.42. The molecular weight excluding hydrogens is 285 g/mol. The Morgan fingerprint density at radius 2 is 1.95 bits per heavy atom. The number of ether oxygens (including phenoxy) is 1. The fourth-order valence-corrected chi connectivity index (χ4v) is 2.09. The molecule has 0 fully saturated rings. The van der Waals surface area contributed by atoms with Gasteiger partial charge in [0.2, 0.25) is 0 Å². The Morgan fingerprint density at radius 1 is 1.16 bits per heavy atom. The topological polar surface area (TPSA) is 55.5 Å². The van der Waals surface area contributed by atoms with E-state index in [1.54, 1.807) is 42.5 Å². The number of hydrogen-bond acceptors (Lipinski definition) is 3. The molecular formula is C14H13Cl2NO2. The third kappa shape index (κ3) is 3.77. The zero-order valence-corrected chi connectivity index (χ0v) is 11.5. The highest BCUT2D eigenvalue weighted by Crippen LogP contribution is 2.28. The molecule has 0 saturated carbocycles. The van der Waals surface area contributed by atoms with E-state index in [2.05, 4.69) is 0 Å². The van der Waals surface area contributed by atoms with Crippen molar-refractivity contribution in [1.82, 2.24) is 0 Å². The monoisotopic (exact) mass is 297 g/mol. The third-order valence-electron chi connectivity index (χ3n) is 2.59. The van der Waals surface area contributed by atoms with Crippen LogP contribution in [0.3, 0.4) is 0 Å². The summed E-state index contributed by atoms with van der Waals surface area (Å²) in [7, 11) is 0. The van der Waals surface area contributed by atoms with Crippen molar-refractivity contribution in [2.24, 2.45) is 0 Å². The molecule has 0 radical (unpaired) electrons. The molecule has 3 nitrogen and oxygen atoms in total. The van der Waals surface area contributed by atoms with Crippen LogP contribution in [0.5, 0.6) is 5.75 Å². The number of hydrogen-bond donors (Lipinski definition) is 2. The summed E-state index contributed by atoms with van der Waals surface area (Å²) >= 11 is 11.8. The fourth-order valence-electron chi connectivity index (χ4n) is 1.62. The van der Waals surface area contributed by atoms with Gasteiger partial charge in [-0.2, -0.15) is 0 Å². The van der Waals surface area contributed by atoms with E-state index in [0.717, 1.165) is 0 Å². The van der Waals surface area contributed by atoms with Gasteiger partial charge < -0.3 is 15.6 Å². The van der Waals surface area contributed by atoms with Gasteiger partial charge in [0.1, 0.15) is 18.5 Å². The number of aliphatic hydroxyl groups excluding tert-OH is 1. The van der Waals surface area contributed by atoms with E-state index >= 15 is 0 Å². The summed E-state index contributed by atoms with van der Waals surface area (Å²) < 4.78 is 5.47. The Bertz CT molecular complexity index is 575. The molecule has 2 aromatic carbocycles. The van der Waals surface area contributed by atoms with Crippen molar-refractivity contribution < 1.29 is 9.84 Å². The van der Waals surface area contributed by atoms with Crippen LogP contribution >= 0.6 is 23.2 Å². The first-order chi connectivity index (χ1) is 9.06. The zero-order chi connectivity index (χ0) is 13.8. The maximum Gasteiger partial charge on any atom is 0.138 e. The predicted octanol–water partition coefficient (Wildman–Crippen LogP) is 3.69. The summed E-state index contributed by atoms with van der Waals surface area (Å²) in [6.45, 7) is 0.0881. The lowest BCUT2D eigenvalue weighted by Crippen LogP contribution is -2.10. The van der Waals surface area contributed by atoms with Gasteiger partial charge in [-0.15, -0.1) is 0 Å². The third-order valence-corrected chi connectivity index (χ3v) is 3.12. The molecule has 0 amide bonds. The van der Waals surface area contributed by atoms with Crippen molar-refractivity contribution in [3.8, 4) is 5.75 Å². The number of nitrogens with two attached hydrogens (primary N) is 1. The molecule has 1 unspecified atom stereocenters.